The molecular weight excluding hydrogens is 362 g/mol. The van der Waals surface area contributed by atoms with E-state index >= 15 is 0 Å². The highest BCUT2D eigenvalue weighted by atomic mass is 16.6. The summed E-state index contributed by atoms with van der Waals surface area (Å²) < 4.78 is 7.25. The summed E-state index contributed by atoms with van der Waals surface area (Å²) in [6, 6.07) is 10.0. The first-order valence-corrected chi connectivity index (χ1v) is 9.17. The van der Waals surface area contributed by atoms with Crippen molar-refractivity contribution >= 4 is 17.1 Å². The molecule has 9 nitrogen and oxygen atoms in total. The molecule has 1 aliphatic rings. The Labute approximate surface area is 161 Å². The topological polar surface area (TPSA) is 140 Å². The predicted molar refractivity (Wildman–Crippen MR) is 101 cm³/mol. The number of nitrogens with zero attached hydrogens (tertiary/aromatic N) is 4. The maximum Gasteiger partial charge on any atom is 0.222 e. The summed E-state index contributed by atoms with van der Waals surface area (Å²) in [6.45, 7) is 1.35. The molecule has 5 N–H and O–H groups in total. The molecule has 0 bridgehead atoms. The van der Waals surface area contributed by atoms with E-state index in [1.54, 1.807) is 11.5 Å². The Balaban J connectivity index is 1.72. The first kappa shape index (κ1) is 18.8. The van der Waals surface area contributed by atoms with Crippen LogP contribution in [-0.2, 0) is 17.6 Å². The van der Waals surface area contributed by atoms with E-state index in [0.29, 0.717) is 29.1 Å². The lowest BCUT2D eigenvalue weighted by Gasteiger charge is -2.18. The average Bonchev–Trinajstić information content (AvgIpc) is 3.16. The van der Waals surface area contributed by atoms with E-state index in [1.165, 1.54) is 5.56 Å². The molecule has 4 atom stereocenters. The van der Waals surface area contributed by atoms with Crippen molar-refractivity contribution in [3.8, 4) is 0 Å². The number of aromatic nitrogens is 4. The molecule has 3 aromatic rings. The molecule has 0 radical (unpaired) electrons. The molecule has 0 unspecified atom stereocenters. The van der Waals surface area contributed by atoms with Crippen LogP contribution in [0.15, 0.2) is 30.3 Å². The molecule has 1 aromatic carbocycles. The van der Waals surface area contributed by atoms with Crippen LogP contribution >= 0.6 is 0 Å². The lowest BCUT2D eigenvalue weighted by molar-refractivity contribution is -0.0519. The fraction of sp³-hybridized carbons (Fsp3) is 0.421. The fourth-order valence-electron chi connectivity index (χ4n) is 3.64. The minimum Gasteiger partial charge on any atom is -0.394 e. The number of nitrogen functional groups attached to an aromatic ring is 1. The van der Waals surface area contributed by atoms with Gasteiger partial charge >= 0.3 is 0 Å². The zero-order chi connectivity index (χ0) is 19.8. The van der Waals surface area contributed by atoms with Gasteiger partial charge in [0, 0.05) is 0 Å². The van der Waals surface area contributed by atoms with Gasteiger partial charge < -0.3 is 25.8 Å². The van der Waals surface area contributed by atoms with Gasteiger partial charge in [-0.05, 0) is 25.3 Å². The molecular formula is C19H23N5O4. The SMILES string of the molecule is Cc1nc2c(CCc3ccccc3)nc(N)nc2n1[C@@H]1O[C@H](CO)[C@@H](O)[C@H]1O. The second-order valence-corrected chi connectivity index (χ2v) is 6.94. The van der Waals surface area contributed by atoms with Crippen molar-refractivity contribution in [2.75, 3.05) is 12.3 Å². The zero-order valence-electron chi connectivity index (χ0n) is 15.4. The second kappa shape index (κ2) is 7.44. The Morgan fingerprint density at radius 3 is 2.50 bits per heavy atom. The van der Waals surface area contributed by atoms with E-state index < -0.39 is 31.1 Å². The van der Waals surface area contributed by atoms with Gasteiger partial charge in [0.2, 0.25) is 5.95 Å². The lowest BCUT2D eigenvalue weighted by atomic mass is 10.1. The van der Waals surface area contributed by atoms with Gasteiger partial charge in [-0.3, -0.25) is 4.57 Å². The molecule has 0 saturated carbocycles. The van der Waals surface area contributed by atoms with Crippen LogP contribution in [0.2, 0.25) is 0 Å². The number of benzene rings is 1. The third kappa shape index (κ3) is 3.22. The van der Waals surface area contributed by atoms with Crippen LogP contribution in [0.1, 0.15) is 23.3 Å². The van der Waals surface area contributed by atoms with Crippen LogP contribution in [0.4, 0.5) is 5.95 Å². The Morgan fingerprint density at radius 2 is 1.82 bits per heavy atom. The van der Waals surface area contributed by atoms with Crippen LogP contribution in [0.25, 0.3) is 11.2 Å². The van der Waals surface area contributed by atoms with Gasteiger partial charge in [0.1, 0.15) is 29.7 Å². The standard InChI is InChI=1S/C19H23N5O4/c1-10-21-14-12(8-7-11-5-3-2-4-6-11)22-19(20)23-17(14)24(10)18-16(27)15(26)13(9-25)28-18/h2-6,13,15-16,18,25-27H,7-9H2,1H3,(H2,20,22,23)/t13-,15-,16-,18-/m1/s1. The summed E-state index contributed by atoms with van der Waals surface area (Å²) in [5, 5.41) is 29.8. The average molecular weight is 385 g/mol. The highest BCUT2D eigenvalue weighted by molar-refractivity contribution is 5.75. The summed E-state index contributed by atoms with van der Waals surface area (Å²) in [6.07, 6.45) is -2.84. The van der Waals surface area contributed by atoms with Crippen LogP contribution in [-0.4, -0.2) is 59.8 Å². The van der Waals surface area contributed by atoms with Gasteiger partial charge in [-0.15, -0.1) is 0 Å². The lowest BCUT2D eigenvalue weighted by Crippen LogP contribution is -2.33. The van der Waals surface area contributed by atoms with Gasteiger partial charge in [0.25, 0.3) is 0 Å². The molecule has 0 amide bonds. The molecule has 1 fully saturated rings. The van der Waals surface area contributed by atoms with Gasteiger partial charge in [0.05, 0.1) is 12.3 Å². The number of hydrogen-bond acceptors (Lipinski definition) is 8. The molecule has 148 valence electrons. The number of imidazole rings is 1. The van der Waals surface area contributed by atoms with E-state index in [9.17, 15) is 15.3 Å². The molecule has 2 aromatic heterocycles. The Morgan fingerprint density at radius 1 is 1.07 bits per heavy atom. The summed E-state index contributed by atoms with van der Waals surface area (Å²) in [4.78, 5) is 13.2. The van der Waals surface area contributed by atoms with Crippen LogP contribution in [0, 0.1) is 6.92 Å². The zero-order valence-corrected chi connectivity index (χ0v) is 15.4. The number of aryl methyl sites for hydroxylation is 3. The maximum atomic E-state index is 10.4. The van der Waals surface area contributed by atoms with Crippen molar-refractivity contribution in [1.29, 1.82) is 0 Å². The number of anilines is 1. The number of hydrogen-bond donors (Lipinski definition) is 4. The third-order valence-electron chi connectivity index (χ3n) is 5.07. The van der Waals surface area contributed by atoms with Crippen molar-refractivity contribution in [1.82, 2.24) is 19.5 Å². The highest BCUT2D eigenvalue weighted by Crippen LogP contribution is 2.33. The summed E-state index contributed by atoms with van der Waals surface area (Å²) in [5.41, 5.74) is 8.83. The Hall–Kier alpha value is -2.59. The van der Waals surface area contributed by atoms with Crippen molar-refractivity contribution < 1.29 is 20.1 Å². The molecule has 4 rings (SSSR count). The van der Waals surface area contributed by atoms with E-state index in [-0.39, 0.29) is 5.95 Å². The van der Waals surface area contributed by atoms with Gasteiger partial charge in [-0.25, -0.2) is 9.97 Å². The first-order valence-electron chi connectivity index (χ1n) is 9.17. The molecule has 28 heavy (non-hydrogen) atoms. The third-order valence-corrected chi connectivity index (χ3v) is 5.07. The molecule has 1 aliphatic heterocycles. The second-order valence-electron chi connectivity index (χ2n) is 6.94. The number of aliphatic hydroxyl groups is 3. The molecule has 0 spiro atoms. The summed E-state index contributed by atoms with van der Waals surface area (Å²) >= 11 is 0. The fourth-order valence-corrected chi connectivity index (χ4v) is 3.64. The first-order chi connectivity index (χ1) is 13.5. The Kier molecular flexibility index (Phi) is 4.98. The highest BCUT2D eigenvalue weighted by Gasteiger charge is 2.44. The van der Waals surface area contributed by atoms with Crippen molar-refractivity contribution in [3.05, 3.63) is 47.4 Å². The largest absolute Gasteiger partial charge is 0.394 e. The van der Waals surface area contributed by atoms with E-state index in [2.05, 4.69) is 15.0 Å². The number of rotatable bonds is 5. The molecule has 0 aliphatic carbocycles. The van der Waals surface area contributed by atoms with E-state index in [4.69, 9.17) is 10.5 Å². The number of aliphatic hydroxyl groups excluding tert-OH is 3. The van der Waals surface area contributed by atoms with Gasteiger partial charge in [-0.1, -0.05) is 30.3 Å². The summed E-state index contributed by atoms with van der Waals surface area (Å²) in [5.74, 6) is 0.647. The normalized spacial score (nSPS) is 24.9. The van der Waals surface area contributed by atoms with E-state index in [1.807, 2.05) is 30.3 Å². The maximum absolute atomic E-state index is 10.4. The smallest absolute Gasteiger partial charge is 0.222 e. The van der Waals surface area contributed by atoms with Crippen LogP contribution < -0.4 is 5.73 Å². The molecule has 1 saturated heterocycles. The van der Waals surface area contributed by atoms with Crippen molar-refractivity contribution in [2.24, 2.45) is 0 Å². The quantitative estimate of drug-likeness (QED) is 0.485. The minimum atomic E-state index is -1.22. The van der Waals surface area contributed by atoms with Crippen LogP contribution in [0.5, 0.6) is 0 Å². The number of fused-ring (bicyclic) bond motifs is 1. The Bertz CT molecular complexity index is 977. The monoisotopic (exact) mass is 385 g/mol. The molecule has 9 heteroatoms. The predicted octanol–water partition coefficient (Wildman–Crippen LogP) is 0.114. The minimum absolute atomic E-state index is 0.100. The van der Waals surface area contributed by atoms with E-state index in [0.717, 1.165) is 6.42 Å². The van der Waals surface area contributed by atoms with Crippen molar-refractivity contribution in [3.63, 3.8) is 0 Å². The van der Waals surface area contributed by atoms with Gasteiger partial charge in [0.15, 0.2) is 11.9 Å². The van der Waals surface area contributed by atoms with Crippen LogP contribution in [0.3, 0.4) is 0 Å². The number of nitrogens with two attached hydrogens (primary N) is 1. The summed E-state index contributed by atoms with van der Waals surface area (Å²) in [7, 11) is 0. The van der Waals surface area contributed by atoms with Gasteiger partial charge in [-0.2, -0.15) is 4.98 Å². The number of ether oxygens (including phenoxy) is 1. The van der Waals surface area contributed by atoms with Crippen molar-refractivity contribution in [2.45, 2.75) is 44.3 Å². The molecule has 3 heterocycles.